The lowest BCUT2D eigenvalue weighted by molar-refractivity contribution is 0.623. The molecule has 2 aromatic heterocycles. The van der Waals surface area contributed by atoms with Gasteiger partial charge in [-0.25, -0.2) is 14.4 Å². The van der Waals surface area contributed by atoms with Crippen molar-refractivity contribution in [3.63, 3.8) is 0 Å². The average Bonchev–Trinajstić information content (AvgIpc) is 3.11. The van der Waals surface area contributed by atoms with Gasteiger partial charge in [0, 0.05) is 0 Å². The number of nitrogens with zero attached hydrogens (tertiary/aromatic N) is 5. The second-order valence-electron chi connectivity index (χ2n) is 6.11. The Morgan fingerprint density at radius 3 is 2.89 bits per heavy atom. The maximum Gasteiger partial charge on any atom is 0.159 e. The number of fused-ring (bicyclic) bond motifs is 1. The molecule has 0 spiro atoms. The number of hydrogen-bond acceptors (Lipinski definition) is 5. The van der Waals surface area contributed by atoms with Crippen molar-refractivity contribution in [1.29, 1.82) is 5.26 Å². The number of halogens is 1. The van der Waals surface area contributed by atoms with Crippen LogP contribution in [-0.4, -0.2) is 19.5 Å². The van der Waals surface area contributed by atoms with Gasteiger partial charge in [-0.1, -0.05) is 12.1 Å². The minimum Gasteiger partial charge on any atom is -0.362 e. The fourth-order valence-electron chi connectivity index (χ4n) is 2.88. The summed E-state index contributed by atoms with van der Waals surface area (Å²) >= 11 is 0. The van der Waals surface area contributed by atoms with Crippen molar-refractivity contribution in [2.24, 2.45) is 0 Å². The third-order valence-corrected chi connectivity index (χ3v) is 4.26. The van der Waals surface area contributed by atoms with E-state index in [2.05, 4.69) is 26.3 Å². The van der Waals surface area contributed by atoms with Crippen LogP contribution >= 0.6 is 0 Å². The van der Waals surface area contributed by atoms with Gasteiger partial charge in [-0.3, -0.25) is 9.55 Å². The van der Waals surface area contributed by atoms with Gasteiger partial charge in [-0.05, 0) is 42.8 Å². The van der Waals surface area contributed by atoms with Crippen LogP contribution in [-0.2, 0) is 0 Å². The molecule has 0 radical (unpaired) electrons. The monoisotopic (exact) mass is 358 g/mol. The molecule has 0 saturated carbocycles. The Hall–Kier alpha value is -3.79. The third kappa shape index (κ3) is 3.33. The van der Waals surface area contributed by atoms with Crippen molar-refractivity contribution in [2.75, 3.05) is 5.32 Å². The predicted octanol–water partition coefficient (Wildman–Crippen LogP) is 4.00. The first kappa shape index (κ1) is 16.7. The van der Waals surface area contributed by atoms with E-state index in [1.807, 2.05) is 13.0 Å². The summed E-state index contributed by atoms with van der Waals surface area (Å²) in [6.07, 6.45) is 4.88. The van der Waals surface area contributed by atoms with Crippen LogP contribution in [0.4, 0.5) is 10.2 Å². The molecule has 7 heteroatoms. The number of rotatable bonds is 4. The molecule has 1 unspecified atom stereocenters. The molecule has 2 aromatic carbocycles. The molecule has 0 fully saturated rings. The number of benzene rings is 2. The largest absolute Gasteiger partial charge is 0.362 e. The van der Waals surface area contributed by atoms with Gasteiger partial charge >= 0.3 is 0 Å². The molecule has 1 atom stereocenters. The van der Waals surface area contributed by atoms with E-state index in [9.17, 15) is 4.39 Å². The Morgan fingerprint density at radius 2 is 2.07 bits per heavy atom. The number of nitriles is 1. The molecule has 1 N–H and O–H groups in total. The highest BCUT2D eigenvalue weighted by molar-refractivity contribution is 5.78. The molecular formula is C20H15FN6. The summed E-state index contributed by atoms with van der Waals surface area (Å²) in [5, 5.41) is 12.4. The number of nitrogens with one attached hydrogen (secondary N) is 1. The summed E-state index contributed by atoms with van der Waals surface area (Å²) in [7, 11) is 0. The molecule has 2 heterocycles. The van der Waals surface area contributed by atoms with E-state index in [0.717, 1.165) is 16.6 Å². The maximum atomic E-state index is 13.4. The minimum atomic E-state index is -0.279. The van der Waals surface area contributed by atoms with Gasteiger partial charge in [-0.15, -0.1) is 0 Å². The predicted molar refractivity (Wildman–Crippen MR) is 99.8 cm³/mol. The van der Waals surface area contributed by atoms with Crippen molar-refractivity contribution in [3.05, 3.63) is 78.1 Å². The Morgan fingerprint density at radius 1 is 1.19 bits per heavy atom. The van der Waals surface area contributed by atoms with E-state index in [1.165, 1.54) is 12.1 Å². The molecule has 0 aliphatic carbocycles. The summed E-state index contributed by atoms with van der Waals surface area (Å²) in [5.41, 5.74) is 2.90. The molecule has 0 amide bonds. The normalized spacial score (nSPS) is 11.9. The van der Waals surface area contributed by atoms with Crippen molar-refractivity contribution in [3.8, 4) is 11.9 Å². The van der Waals surface area contributed by atoms with Crippen LogP contribution < -0.4 is 5.32 Å². The smallest absolute Gasteiger partial charge is 0.159 e. The van der Waals surface area contributed by atoms with E-state index in [0.29, 0.717) is 17.2 Å². The second-order valence-corrected chi connectivity index (χ2v) is 6.11. The van der Waals surface area contributed by atoms with Crippen LogP contribution in [0.15, 0.2) is 61.2 Å². The van der Waals surface area contributed by atoms with Crippen LogP contribution in [0.25, 0.3) is 16.9 Å². The molecule has 0 bridgehead atoms. The Labute approximate surface area is 155 Å². The Bertz CT molecular complexity index is 1160. The van der Waals surface area contributed by atoms with Gasteiger partial charge in [0.15, 0.2) is 5.82 Å². The van der Waals surface area contributed by atoms with Crippen LogP contribution in [0.5, 0.6) is 0 Å². The summed E-state index contributed by atoms with van der Waals surface area (Å²) in [6.45, 7) is 1.93. The number of aromatic nitrogens is 4. The molecule has 4 rings (SSSR count). The summed E-state index contributed by atoms with van der Waals surface area (Å²) < 4.78 is 15.2. The van der Waals surface area contributed by atoms with Gasteiger partial charge in [0.25, 0.3) is 0 Å². The van der Waals surface area contributed by atoms with Crippen LogP contribution in [0.3, 0.4) is 0 Å². The van der Waals surface area contributed by atoms with Gasteiger partial charge in [0.05, 0.1) is 41.1 Å². The molecule has 0 aliphatic heterocycles. The number of imidazole rings is 1. The van der Waals surface area contributed by atoms with E-state index in [1.54, 1.807) is 47.6 Å². The van der Waals surface area contributed by atoms with E-state index >= 15 is 0 Å². The highest BCUT2D eigenvalue weighted by atomic mass is 19.1. The molecule has 0 aliphatic rings. The first-order valence-corrected chi connectivity index (χ1v) is 8.35. The molecule has 132 valence electrons. The molecule has 0 saturated heterocycles. The minimum absolute atomic E-state index is 0.144. The van der Waals surface area contributed by atoms with Crippen LogP contribution in [0.2, 0.25) is 0 Å². The SMILES string of the molecule is CC(Nc1cncc(-n2cnc3ccc(C#N)cc32)n1)c1cccc(F)c1. The quantitative estimate of drug-likeness (QED) is 0.596. The van der Waals surface area contributed by atoms with Crippen LogP contribution in [0.1, 0.15) is 24.1 Å². The molecule has 27 heavy (non-hydrogen) atoms. The lowest BCUT2D eigenvalue weighted by atomic mass is 10.1. The average molecular weight is 358 g/mol. The summed E-state index contributed by atoms with van der Waals surface area (Å²) in [4.78, 5) is 13.2. The van der Waals surface area contributed by atoms with Gasteiger partial charge in [0.2, 0.25) is 0 Å². The fraction of sp³-hybridized carbons (Fsp3) is 0.100. The summed E-state index contributed by atoms with van der Waals surface area (Å²) in [5.74, 6) is 0.853. The van der Waals surface area contributed by atoms with Crippen molar-refractivity contribution in [1.82, 2.24) is 19.5 Å². The number of anilines is 1. The van der Waals surface area contributed by atoms with Gasteiger partial charge < -0.3 is 5.32 Å². The highest BCUT2D eigenvalue weighted by Gasteiger charge is 2.11. The fourth-order valence-corrected chi connectivity index (χ4v) is 2.88. The third-order valence-electron chi connectivity index (χ3n) is 4.26. The lowest BCUT2D eigenvalue weighted by Crippen LogP contribution is -2.10. The molecular weight excluding hydrogens is 343 g/mol. The van der Waals surface area contributed by atoms with Crippen molar-refractivity contribution >= 4 is 16.9 Å². The Balaban J connectivity index is 1.66. The zero-order chi connectivity index (χ0) is 18.8. The van der Waals surface area contributed by atoms with E-state index in [4.69, 9.17) is 5.26 Å². The van der Waals surface area contributed by atoms with Gasteiger partial charge in [0.1, 0.15) is 18.0 Å². The van der Waals surface area contributed by atoms with E-state index < -0.39 is 0 Å². The first-order chi connectivity index (χ1) is 13.1. The number of hydrogen-bond donors (Lipinski definition) is 1. The summed E-state index contributed by atoms with van der Waals surface area (Å²) in [6, 6.07) is 13.7. The first-order valence-electron chi connectivity index (χ1n) is 8.35. The topological polar surface area (TPSA) is 79.4 Å². The molecule has 4 aromatic rings. The lowest BCUT2D eigenvalue weighted by Gasteiger charge is -2.15. The maximum absolute atomic E-state index is 13.4. The second kappa shape index (κ2) is 6.84. The van der Waals surface area contributed by atoms with E-state index in [-0.39, 0.29) is 11.9 Å². The standard InChI is InChI=1S/C20H15FN6/c1-13(15-3-2-4-16(21)8-15)25-19-10-23-11-20(26-19)27-12-24-17-6-5-14(9-22)7-18(17)27/h2-8,10-13H,1H3,(H,25,26). The zero-order valence-electron chi connectivity index (χ0n) is 14.5. The highest BCUT2D eigenvalue weighted by Crippen LogP contribution is 2.21. The Kier molecular flexibility index (Phi) is 4.22. The van der Waals surface area contributed by atoms with Crippen molar-refractivity contribution in [2.45, 2.75) is 13.0 Å². The van der Waals surface area contributed by atoms with Crippen LogP contribution in [0, 0.1) is 17.1 Å². The zero-order valence-corrected chi connectivity index (χ0v) is 14.5. The van der Waals surface area contributed by atoms with Crippen molar-refractivity contribution < 1.29 is 4.39 Å². The molecule has 6 nitrogen and oxygen atoms in total. The van der Waals surface area contributed by atoms with Gasteiger partial charge in [-0.2, -0.15) is 5.26 Å².